The first-order valence-corrected chi connectivity index (χ1v) is 6.35. The third kappa shape index (κ3) is 2.41. The minimum absolute atomic E-state index is 0.0142. The number of para-hydroxylation sites is 1. The summed E-state index contributed by atoms with van der Waals surface area (Å²) < 4.78 is 19.3. The number of rotatable bonds is 3. The van der Waals surface area contributed by atoms with Gasteiger partial charge in [-0.2, -0.15) is 0 Å². The van der Waals surface area contributed by atoms with Crippen molar-refractivity contribution >= 4 is 11.0 Å². The van der Waals surface area contributed by atoms with Crippen molar-refractivity contribution in [3.63, 3.8) is 0 Å². The molecule has 1 N–H and O–H groups in total. The lowest BCUT2D eigenvalue weighted by molar-refractivity contribution is 0.244. The summed E-state index contributed by atoms with van der Waals surface area (Å²) in [6.07, 6.45) is 0. The fourth-order valence-corrected chi connectivity index (χ4v) is 2.23. The highest BCUT2D eigenvalue weighted by Gasteiger charge is 2.28. The van der Waals surface area contributed by atoms with Crippen LogP contribution >= 0.6 is 0 Å². The maximum Gasteiger partial charge on any atom is 0.169 e. The minimum atomic E-state index is -0.303. The van der Waals surface area contributed by atoms with Crippen LogP contribution in [0.1, 0.15) is 39.5 Å². The number of fused-ring (bicyclic) bond motifs is 1. The second kappa shape index (κ2) is 4.73. The second-order valence-corrected chi connectivity index (χ2v) is 5.66. The first-order valence-electron chi connectivity index (χ1n) is 6.35. The molecule has 2 nitrogen and oxygen atoms in total. The van der Waals surface area contributed by atoms with Crippen LogP contribution in [-0.4, -0.2) is 6.54 Å². The summed E-state index contributed by atoms with van der Waals surface area (Å²) in [5.41, 5.74) is 0.361. The molecule has 0 amide bonds. The minimum Gasteiger partial charge on any atom is -0.456 e. The van der Waals surface area contributed by atoms with Crippen molar-refractivity contribution in [2.24, 2.45) is 5.41 Å². The first-order chi connectivity index (χ1) is 8.43. The average molecular weight is 249 g/mol. The molecule has 0 fully saturated rings. The van der Waals surface area contributed by atoms with Crippen LogP contribution < -0.4 is 5.32 Å². The van der Waals surface area contributed by atoms with Crippen LogP contribution in [0.3, 0.4) is 0 Å². The van der Waals surface area contributed by atoms with E-state index in [0.717, 1.165) is 17.7 Å². The van der Waals surface area contributed by atoms with Crippen molar-refractivity contribution < 1.29 is 8.81 Å². The number of hydrogen-bond donors (Lipinski definition) is 1. The van der Waals surface area contributed by atoms with Gasteiger partial charge in [0.2, 0.25) is 0 Å². The first kappa shape index (κ1) is 13.1. The summed E-state index contributed by atoms with van der Waals surface area (Å²) >= 11 is 0. The molecular weight excluding hydrogens is 229 g/mol. The molecule has 98 valence electrons. The predicted octanol–water partition coefficient (Wildman–Crippen LogP) is 4.27. The molecule has 1 atom stereocenters. The lowest BCUT2D eigenvalue weighted by Gasteiger charge is -2.29. The summed E-state index contributed by atoms with van der Waals surface area (Å²) in [7, 11) is 0. The normalized spacial score (nSPS) is 14.1. The van der Waals surface area contributed by atoms with Crippen molar-refractivity contribution in [3.05, 3.63) is 35.8 Å². The third-order valence-corrected chi connectivity index (χ3v) is 3.07. The fraction of sp³-hybridized carbons (Fsp3) is 0.467. The van der Waals surface area contributed by atoms with Crippen LogP contribution in [0, 0.1) is 11.2 Å². The zero-order valence-electron chi connectivity index (χ0n) is 11.4. The van der Waals surface area contributed by atoms with Gasteiger partial charge in [0.05, 0.1) is 6.04 Å². The van der Waals surface area contributed by atoms with E-state index in [9.17, 15) is 4.39 Å². The van der Waals surface area contributed by atoms with Gasteiger partial charge in [0.1, 0.15) is 5.76 Å². The molecule has 0 aliphatic rings. The Bertz CT molecular complexity index is 539. The Balaban J connectivity index is 2.48. The molecular formula is C15H20FNO. The fourth-order valence-electron chi connectivity index (χ4n) is 2.23. The van der Waals surface area contributed by atoms with Gasteiger partial charge in [-0.05, 0) is 24.1 Å². The zero-order chi connectivity index (χ0) is 13.3. The van der Waals surface area contributed by atoms with E-state index in [2.05, 4.69) is 33.0 Å². The van der Waals surface area contributed by atoms with Crippen LogP contribution in [0.4, 0.5) is 4.39 Å². The molecule has 2 aromatic rings. The number of benzene rings is 1. The van der Waals surface area contributed by atoms with Gasteiger partial charge in [0, 0.05) is 5.39 Å². The SMILES string of the molecule is CCNC(c1cc2cccc(F)c2o1)C(C)(C)C. The van der Waals surface area contributed by atoms with Crippen LogP contribution in [0.15, 0.2) is 28.7 Å². The number of furan rings is 1. The van der Waals surface area contributed by atoms with Crippen molar-refractivity contribution in [1.82, 2.24) is 5.32 Å². The van der Waals surface area contributed by atoms with Crippen LogP contribution in [0.2, 0.25) is 0 Å². The van der Waals surface area contributed by atoms with Crippen LogP contribution in [-0.2, 0) is 0 Å². The Morgan fingerprint density at radius 3 is 2.61 bits per heavy atom. The molecule has 0 spiro atoms. The Hall–Kier alpha value is -1.35. The summed E-state index contributed by atoms with van der Waals surface area (Å²) in [5.74, 6) is 0.493. The standard InChI is InChI=1S/C15H20FNO/c1-5-17-14(15(2,3)4)12-9-10-7-6-8-11(16)13(10)18-12/h6-9,14,17H,5H2,1-4H3. The second-order valence-electron chi connectivity index (χ2n) is 5.66. The highest BCUT2D eigenvalue weighted by atomic mass is 19.1. The molecule has 0 aliphatic carbocycles. The quantitative estimate of drug-likeness (QED) is 0.878. The van der Waals surface area contributed by atoms with E-state index in [1.165, 1.54) is 6.07 Å². The Kier molecular flexibility index (Phi) is 3.44. The van der Waals surface area contributed by atoms with Gasteiger partial charge in [-0.3, -0.25) is 0 Å². The summed E-state index contributed by atoms with van der Waals surface area (Å²) in [5, 5.41) is 4.22. The summed E-state index contributed by atoms with van der Waals surface area (Å²) in [6, 6.07) is 7.01. The average Bonchev–Trinajstić information content (AvgIpc) is 2.69. The highest BCUT2D eigenvalue weighted by Crippen LogP contribution is 2.36. The Morgan fingerprint density at radius 1 is 1.33 bits per heavy atom. The van der Waals surface area contributed by atoms with Crippen molar-refractivity contribution in [1.29, 1.82) is 0 Å². The molecule has 18 heavy (non-hydrogen) atoms. The molecule has 0 bridgehead atoms. The molecule has 2 rings (SSSR count). The monoisotopic (exact) mass is 249 g/mol. The van der Waals surface area contributed by atoms with Gasteiger partial charge in [-0.15, -0.1) is 0 Å². The van der Waals surface area contributed by atoms with Gasteiger partial charge >= 0.3 is 0 Å². The molecule has 0 saturated heterocycles. The predicted molar refractivity (Wildman–Crippen MR) is 72.0 cm³/mol. The summed E-state index contributed by atoms with van der Waals surface area (Å²) in [4.78, 5) is 0. The van der Waals surface area contributed by atoms with E-state index in [-0.39, 0.29) is 17.3 Å². The van der Waals surface area contributed by atoms with Gasteiger partial charge in [0.15, 0.2) is 11.4 Å². The number of hydrogen-bond acceptors (Lipinski definition) is 2. The Labute approximate surface area is 107 Å². The van der Waals surface area contributed by atoms with Gasteiger partial charge in [-0.1, -0.05) is 39.8 Å². The molecule has 0 aliphatic heterocycles. The maximum atomic E-state index is 13.6. The number of halogens is 1. The topological polar surface area (TPSA) is 25.2 Å². The van der Waals surface area contributed by atoms with Crippen LogP contribution in [0.25, 0.3) is 11.0 Å². The van der Waals surface area contributed by atoms with Gasteiger partial charge < -0.3 is 9.73 Å². The Morgan fingerprint density at radius 2 is 2.06 bits per heavy atom. The van der Waals surface area contributed by atoms with Gasteiger partial charge in [0.25, 0.3) is 0 Å². The molecule has 3 heteroatoms. The third-order valence-electron chi connectivity index (χ3n) is 3.07. The van der Waals surface area contributed by atoms with E-state index < -0.39 is 0 Å². The smallest absolute Gasteiger partial charge is 0.169 e. The van der Waals surface area contributed by atoms with E-state index in [4.69, 9.17) is 4.42 Å². The van der Waals surface area contributed by atoms with Crippen LogP contribution in [0.5, 0.6) is 0 Å². The van der Waals surface area contributed by atoms with Crippen molar-refractivity contribution in [2.75, 3.05) is 6.54 Å². The molecule has 1 aromatic heterocycles. The van der Waals surface area contributed by atoms with Crippen molar-refractivity contribution in [2.45, 2.75) is 33.7 Å². The molecule has 0 radical (unpaired) electrons. The van der Waals surface area contributed by atoms with E-state index >= 15 is 0 Å². The maximum absolute atomic E-state index is 13.6. The van der Waals surface area contributed by atoms with E-state index in [1.807, 2.05) is 12.1 Å². The van der Waals surface area contributed by atoms with Crippen molar-refractivity contribution in [3.8, 4) is 0 Å². The molecule has 1 heterocycles. The lowest BCUT2D eigenvalue weighted by atomic mass is 9.85. The lowest BCUT2D eigenvalue weighted by Crippen LogP contribution is -2.31. The molecule has 1 aromatic carbocycles. The molecule has 1 unspecified atom stereocenters. The zero-order valence-corrected chi connectivity index (χ0v) is 11.4. The van der Waals surface area contributed by atoms with E-state index in [0.29, 0.717) is 5.58 Å². The van der Waals surface area contributed by atoms with E-state index in [1.54, 1.807) is 6.07 Å². The highest BCUT2D eigenvalue weighted by molar-refractivity contribution is 5.78. The summed E-state index contributed by atoms with van der Waals surface area (Å²) in [6.45, 7) is 9.33. The number of nitrogens with one attached hydrogen (secondary N) is 1. The molecule has 0 saturated carbocycles. The van der Waals surface area contributed by atoms with Gasteiger partial charge in [-0.25, -0.2) is 4.39 Å². The largest absolute Gasteiger partial charge is 0.456 e.